The van der Waals surface area contributed by atoms with Crippen LogP contribution < -0.4 is 15.3 Å². The zero-order valence-corrected chi connectivity index (χ0v) is 12.5. The van der Waals surface area contributed by atoms with Crippen LogP contribution in [0.3, 0.4) is 0 Å². The summed E-state index contributed by atoms with van der Waals surface area (Å²) in [5, 5.41) is 15.7. The minimum atomic E-state index is -0.526. The fourth-order valence-corrected chi connectivity index (χ4v) is 2.03. The molecule has 116 valence electrons. The number of phenolic OH excluding ortho intramolecular Hbond substituents is 1. The van der Waals surface area contributed by atoms with Gasteiger partial charge in [-0.05, 0) is 25.1 Å². The fourth-order valence-electron chi connectivity index (χ4n) is 2.03. The predicted octanol–water partition coefficient (Wildman–Crippen LogP) is 3.05. The number of esters is 1. The zero-order chi connectivity index (χ0) is 16.4. The molecule has 6 heteroatoms. The van der Waals surface area contributed by atoms with Gasteiger partial charge < -0.3 is 9.84 Å². The van der Waals surface area contributed by atoms with Gasteiger partial charge in [0.2, 0.25) is 0 Å². The van der Waals surface area contributed by atoms with E-state index in [1.54, 1.807) is 13.1 Å². The molecular formula is C17H15N3O3. The van der Waals surface area contributed by atoms with E-state index < -0.39 is 5.97 Å². The van der Waals surface area contributed by atoms with Gasteiger partial charge in [-0.15, -0.1) is 0 Å². The van der Waals surface area contributed by atoms with Crippen molar-refractivity contribution in [2.75, 3.05) is 10.5 Å². The second kappa shape index (κ2) is 5.84. The lowest BCUT2D eigenvalue weighted by Gasteiger charge is -2.26. The molecule has 0 radical (unpaired) electrons. The summed E-state index contributed by atoms with van der Waals surface area (Å²) in [5.74, 6) is -0.229. The summed E-state index contributed by atoms with van der Waals surface area (Å²) >= 11 is 0. The number of rotatable bonds is 3. The lowest BCUT2D eigenvalue weighted by Crippen LogP contribution is -2.28. The van der Waals surface area contributed by atoms with Crippen LogP contribution in [0.2, 0.25) is 0 Å². The Morgan fingerprint density at radius 2 is 2.09 bits per heavy atom. The fraction of sp³-hybridized carbons (Fsp3) is 0.0588. The monoisotopic (exact) mass is 309 g/mol. The molecule has 3 rings (SSSR count). The van der Waals surface area contributed by atoms with Crippen LogP contribution in [-0.2, 0) is 4.79 Å². The third-order valence-corrected chi connectivity index (χ3v) is 3.23. The molecule has 0 spiro atoms. The van der Waals surface area contributed by atoms with Crippen LogP contribution in [0.15, 0.2) is 59.7 Å². The van der Waals surface area contributed by atoms with Crippen LogP contribution in [0, 0.1) is 0 Å². The van der Waals surface area contributed by atoms with Crippen LogP contribution in [0.25, 0.3) is 0 Å². The normalized spacial score (nSPS) is 12.3. The summed E-state index contributed by atoms with van der Waals surface area (Å²) < 4.78 is 5.18. The first-order chi connectivity index (χ1) is 11.0. The third kappa shape index (κ3) is 3.01. The van der Waals surface area contributed by atoms with E-state index in [-0.39, 0.29) is 5.75 Å². The van der Waals surface area contributed by atoms with E-state index in [4.69, 9.17) is 4.74 Å². The summed E-state index contributed by atoms with van der Waals surface area (Å²) in [6.45, 7) is 5.10. The van der Waals surface area contributed by atoms with Crippen molar-refractivity contribution in [3.05, 3.63) is 60.2 Å². The average molecular weight is 309 g/mol. The molecule has 0 atom stereocenters. The van der Waals surface area contributed by atoms with Crippen molar-refractivity contribution in [1.29, 1.82) is 0 Å². The van der Waals surface area contributed by atoms with Gasteiger partial charge in [0.15, 0.2) is 0 Å². The number of nitrogens with zero attached hydrogens (tertiary/aromatic N) is 2. The topological polar surface area (TPSA) is 74.2 Å². The minimum absolute atomic E-state index is 0.00385. The third-order valence-electron chi connectivity index (χ3n) is 3.23. The smallest absolute Gasteiger partial charge is 0.338 e. The number of hydrogen-bond donors (Lipinski definition) is 2. The van der Waals surface area contributed by atoms with Crippen molar-refractivity contribution in [2.45, 2.75) is 6.92 Å². The number of nitrogens with one attached hydrogen (secondary N) is 1. The molecule has 23 heavy (non-hydrogen) atoms. The number of aromatic hydroxyl groups is 1. The molecule has 0 aromatic heterocycles. The standard InChI is InChI=1S/C17H15N3O3/c1-11(2)17(22)23-13-7-8-16(21)15(9-13)20-18-10-12-5-3-4-6-14(12)19-20/h3-10,19,21H,1H2,2H3. The summed E-state index contributed by atoms with van der Waals surface area (Å²) in [6.07, 6.45) is 1.68. The molecule has 0 unspecified atom stereocenters. The summed E-state index contributed by atoms with van der Waals surface area (Å²) in [6, 6.07) is 12.1. The molecule has 1 aliphatic heterocycles. The van der Waals surface area contributed by atoms with Crippen LogP contribution >= 0.6 is 0 Å². The maximum atomic E-state index is 11.6. The van der Waals surface area contributed by atoms with Crippen LogP contribution in [0.4, 0.5) is 11.4 Å². The molecule has 0 saturated carbocycles. The molecule has 0 saturated heterocycles. The van der Waals surface area contributed by atoms with Gasteiger partial charge in [0.05, 0.1) is 11.9 Å². The Morgan fingerprint density at radius 1 is 1.30 bits per heavy atom. The van der Waals surface area contributed by atoms with E-state index in [0.29, 0.717) is 17.0 Å². The molecule has 1 aliphatic rings. The largest absolute Gasteiger partial charge is 0.506 e. The molecule has 6 nitrogen and oxygen atoms in total. The molecule has 0 aliphatic carbocycles. The van der Waals surface area contributed by atoms with Gasteiger partial charge in [0, 0.05) is 17.2 Å². The maximum Gasteiger partial charge on any atom is 0.338 e. The van der Waals surface area contributed by atoms with Crippen molar-refractivity contribution in [1.82, 2.24) is 0 Å². The van der Waals surface area contributed by atoms with E-state index in [1.165, 1.54) is 23.3 Å². The number of phenols is 1. The van der Waals surface area contributed by atoms with E-state index in [1.807, 2.05) is 24.3 Å². The SMILES string of the molecule is C=C(C)C(=O)Oc1ccc(O)c(N2N=Cc3ccccc3N2)c1. The van der Waals surface area contributed by atoms with Gasteiger partial charge in [-0.25, -0.2) is 4.79 Å². The van der Waals surface area contributed by atoms with Gasteiger partial charge in [0.25, 0.3) is 0 Å². The first kappa shape index (κ1) is 14.6. The van der Waals surface area contributed by atoms with Crippen LogP contribution in [0.1, 0.15) is 12.5 Å². The zero-order valence-electron chi connectivity index (χ0n) is 12.5. The van der Waals surface area contributed by atoms with Gasteiger partial charge >= 0.3 is 5.97 Å². The highest BCUT2D eigenvalue weighted by atomic mass is 16.5. The predicted molar refractivity (Wildman–Crippen MR) is 88.7 cm³/mol. The van der Waals surface area contributed by atoms with Crippen molar-refractivity contribution >= 4 is 23.6 Å². The van der Waals surface area contributed by atoms with Gasteiger partial charge in [-0.3, -0.25) is 5.43 Å². The Hall–Kier alpha value is -3.28. The molecule has 2 N–H and O–H groups in total. The summed E-state index contributed by atoms with van der Waals surface area (Å²) in [5.41, 5.74) is 5.52. The van der Waals surface area contributed by atoms with E-state index in [2.05, 4.69) is 17.1 Å². The number of hydrazine groups is 1. The Bertz CT molecular complexity index is 814. The van der Waals surface area contributed by atoms with Crippen LogP contribution in [-0.4, -0.2) is 17.3 Å². The van der Waals surface area contributed by atoms with Crippen LogP contribution in [0.5, 0.6) is 11.5 Å². The first-order valence-electron chi connectivity index (χ1n) is 6.95. The number of fused-ring (bicyclic) bond motifs is 1. The second-order valence-electron chi connectivity index (χ2n) is 5.08. The van der Waals surface area contributed by atoms with E-state index >= 15 is 0 Å². The second-order valence-corrected chi connectivity index (χ2v) is 5.08. The number of benzene rings is 2. The van der Waals surface area contributed by atoms with Crippen molar-refractivity contribution in [3.8, 4) is 11.5 Å². The lowest BCUT2D eigenvalue weighted by molar-refractivity contribution is -0.130. The number of carbonyl (C=O) groups is 1. The van der Waals surface area contributed by atoms with E-state index in [0.717, 1.165) is 11.3 Å². The Kier molecular flexibility index (Phi) is 3.72. The maximum absolute atomic E-state index is 11.6. The molecule has 1 heterocycles. The first-order valence-corrected chi connectivity index (χ1v) is 6.95. The van der Waals surface area contributed by atoms with E-state index in [9.17, 15) is 9.90 Å². The highest BCUT2D eigenvalue weighted by Gasteiger charge is 2.17. The van der Waals surface area contributed by atoms with Crippen molar-refractivity contribution in [3.63, 3.8) is 0 Å². The minimum Gasteiger partial charge on any atom is -0.506 e. The molecule has 0 fully saturated rings. The number of hydrogen-bond acceptors (Lipinski definition) is 6. The molecule has 2 aromatic rings. The highest BCUT2D eigenvalue weighted by Crippen LogP contribution is 2.33. The van der Waals surface area contributed by atoms with Crippen molar-refractivity contribution < 1.29 is 14.6 Å². The van der Waals surface area contributed by atoms with Gasteiger partial charge in [-0.1, -0.05) is 24.8 Å². The number of hydrazone groups is 1. The molecule has 0 amide bonds. The van der Waals surface area contributed by atoms with Crippen molar-refractivity contribution in [2.24, 2.45) is 5.10 Å². The summed E-state index contributed by atoms with van der Waals surface area (Å²) in [7, 11) is 0. The Morgan fingerprint density at radius 3 is 2.87 bits per heavy atom. The quantitative estimate of drug-likeness (QED) is 0.518. The van der Waals surface area contributed by atoms with Gasteiger partial charge in [0.1, 0.15) is 17.2 Å². The molecular weight excluding hydrogens is 294 g/mol. The lowest BCUT2D eigenvalue weighted by atomic mass is 10.2. The Labute approximate surface area is 133 Å². The molecule has 2 aromatic carbocycles. The Balaban J connectivity index is 1.89. The number of anilines is 2. The average Bonchev–Trinajstić information content (AvgIpc) is 2.56. The highest BCUT2D eigenvalue weighted by molar-refractivity contribution is 5.91. The molecule has 0 bridgehead atoms. The number of ether oxygens (including phenoxy) is 1. The number of carbonyl (C=O) groups excluding carboxylic acids is 1. The van der Waals surface area contributed by atoms with Gasteiger partial charge in [-0.2, -0.15) is 10.2 Å². The number of para-hydroxylation sites is 1. The summed E-state index contributed by atoms with van der Waals surface area (Å²) in [4.78, 5) is 11.6.